The monoisotopic (exact) mass is 129 g/mol. The second-order valence-electron chi connectivity index (χ2n) is 2.82. The fourth-order valence-electron chi connectivity index (χ4n) is 1.40. The zero-order valence-electron chi connectivity index (χ0n) is 5.88. The van der Waals surface area contributed by atoms with Gasteiger partial charge in [0.2, 0.25) is 0 Å². The van der Waals surface area contributed by atoms with E-state index in [0.717, 1.165) is 19.5 Å². The molecule has 3 nitrogen and oxygen atoms in total. The highest BCUT2D eigenvalue weighted by Gasteiger charge is 2.24. The topological polar surface area (TPSA) is 55.3 Å². The highest BCUT2D eigenvalue weighted by molar-refractivity contribution is 4.85. The third kappa shape index (κ3) is 1.41. The number of hydrogen-bond acceptors (Lipinski definition) is 3. The Balaban J connectivity index is 2.38. The molecule has 0 saturated carbocycles. The fourth-order valence-corrected chi connectivity index (χ4v) is 1.40. The van der Waals surface area contributed by atoms with Crippen LogP contribution in [0.25, 0.3) is 0 Å². The molecular formula is C6H15N3. The number of likely N-dealkylation sites (tertiary alicyclic amines) is 1. The van der Waals surface area contributed by atoms with Gasteiger partial charge in [0.25, 0.3) is 0 Å². The normalized spacial score (nSPS) is 37.7. The average Bonchev–Trinajstić information content (AvgIpc) is 2.10. The van der Waals surface area contributed by atoms with Crippen molar-refractivity contribution in [3.8, 4) is 0 Å². The summed E-state index contributed by atoms with van der Waals surface area (Å²) >= 11 is 0. The highest BCUT2D eigenvalue weighted by atomic mass is 15.2. The van der Waals surface area contributed by atoms with E-state index in [-0.39, 0.29) is 0 Å². The SMILES string of the molecule is CN1C[C@@H](N)C[C@H]1CN. The maximum atomic E-state index is 5.69. The molecule has 54 valence electrons. The van der Waals surface area contributed by atoms with Gasteiger partial charge in [-0.05, 0) is 13.5 Å². The predicted octanol–water partition coefficient (Wildman–Crippen LogP) is -1.02. The van der Waals surface area contributed by atoms with Crippen molar-refractivity contribution in [2.24, 2.45) is 11.5 Å². The van der Waals surface area contributed by atoms with Gasteiger partial charge in [0.05, 0.1) is 0 Å². The van der Waals surface area contributed by atoms with E-state index in [9.17, 15) is 0 Å². The van der Waals surface area contributed by atoms with Crippen LogP contribution in [-0.4, -0.2) is 37.1 Å². The van der Waals surface area contributed by atoms with Gasteiger partial charge in [-0.2, -0.15) is 0 Å². The summed E-state index contributed by atoms with van der Waals surface area (Å²) in [5.74, 6) is 0. The van der Waals surface area contributed by atoms with E-state index in [1.54, 1.807) is 0 Å². The summed E-state index contributed by atoms with van der Waals surface area (Å²) in [5.41, 5.74) is 11.2. The number of nitrogens with zero attached hydrogens (tertiary/aromatic N) is 1. The smallest absolute Gasteiger partial charge is 0.0231 e. The second-order valence-corrected chi connectivity index (χ2v) is 2.82. The van der Waals surface area contributed by atoms with Crippen molar-refractivity contribution in [1.82, 2.24) is 4.90 Å². The average molecular weight is 129 g/mol. The van der Waals surface area contributed by atoms with Crippen molar-refractivity contribution in [1.29, 1.82) is 0 Å². The van der Waals surface area contributed by atoms with E-state index >= 15 is 0 Å². The second kappa shape index (κ2) is 2.64. The van der Waals surface area contributed by atoms with E-state index in [2.05, 4.69) is 11.9 Å². The number of nitrogens with two attached hydrogens (primary N) is 2. The van der Waals surface area contributed by atoms with Crippen LogP contribution in [0.1, 0.15) is 6.42 Å². The Morgan fingerprint density at radius 2 is 2.33 bits per heavy atom. The minimum atomic E-state index is 0.351. The molecule has 0 aromatic heterocycles. The van der Waals surface area contributed by atoms with Crippen molar-refractivity contribution in [3.05, 3.63) is 0 Å². The van der Waals surface area contributed by atoms with Crippen LogP contribution in [0.2, 0.25) is 0 Å². The van der Waals surface area contributed by atoms with Crippen LogP contribution in [0.15, 0.2) is 0 Å². The van der Waals surface area contributed by atoms with Gasteiger partial charge in [-0.25, -0.2) is 0 Å². The van der Waals surface area contributed by atoms with Crippen molar-refractivity contribution in [2.45, 2.75) is 18.5 Å². The van der Waals surface area contributed by atoms with Crippen LogP contribution in [0.4, 0.5) is 0 Å². The van der Waals surface area contributed by atoms with Gasteiger partial charge in [0, 0.05) is 25.2 Å². The molecule has 9 heavy (non-hydrogen) atoms. The molecular weight excluding hydrogens is 114 g/mol. The molecule has 0 spiro atoms. The summed E-state index contributed by atoms with van der Waals surface area (Å²) in [6, 6.07) is 0.878. The fraction of sp³-hybridized carbons (Fsp3) is 1.00. The molecule has 0 bridgehead atoms. The largest absolute Gasteiger partial charge is 0.329 e. The number of rotatable bonds is 1. The molecule has 1 aliphatic heterocycles. The number of hydrogen-bond donors (Lipinski definition) is 2. The third-order valence-electron chi connectivity index (χ3n) is 1.99. The van der Waals surface area contributed by atoms with E-state index < -0.39 is 0 Å². The lowest BCUT2D eigenvalue weighted by Gasteiger charge is -2.15. The summed E-state index contributed by atoms with van der Waals surface area (Å²) in [4.78, 5) is 2.23. The van der Waals surface area contributed by atoms with Crippen molar-refractivity contribution in [3.63, 3.8) is 0 Å². The maximum Gasteiger partial charge on any atom is 0.0231 e. The predicted molar refractivity (Wildman–Crippen MR) is 38.1 cm³/mol. The summed E-state index contributed by atoms with van der Waals surface area (Å²) in [6.07, 6.45) is 1.06. The maximum absolute atomic E-state index is 5.69. The van der Waals surface area contributed by atoms with Crippen molar-refractivity contribution < 1.29 is 0 Å². The lowest BCUT2D eigenvalue weighted by Crippen LogP contribution is -2.32. The van der Waals surface area contributed by atoms with Crippen LogP contribution in [-0.2, 0) is 0 Å². The standard InChI is InChI=1S/C6H15N3/c1-9-4-5(8)2-6(9)3-7/h5-6H,2-4,7-8H2,1H3/t5-,6-/m0/s1. The zero-order chi connectivity index (χ0) is 6.85. The lowest BCUT2D eigenvalue weighted by molar-refractivity contribution is 0.316. The molecule has 0 radical (unpaired) electrons. The third-order valence-corrected chi connectivity index (χ3v) is 1.99. The summed E-state index contributed by atoms with van der Waals surface area (Å²) in [6.45, 7) is 1.74. The molecule has 1 fully saturated rings. The summed E-state index contributed by atoms with van der Waals surface area (Å²) in [7, 11) is 2.07. The summed E-state index contributed by atoms with van der Waals surface area (Å²) < 4.78 is 0. The minimum Gasteiger partial charge on any atom is -0.329 e. The Hall–Kier alpha value is -0.120. The van der Waals surface area contributed by atoms with Gasteiger partial charge < -0.3 is 16.4 Å². The van der Waals surface area contributed by atoms with E-state index in [1.807, 2.05) is 0 Å². The molecule has 0 unspecified atom stereocenters. The van der Waals surface area contributed by atoms with Crippen LogP contribution in [0.5, 0.6) is 0 Å². The van der Waals surface area contributed by atoms with Gasteiger partial charge in [0.1, 0.15) is 0 Å². The van der Waals surface area contributed by atoms with Gasteiger partial charge in [-0.3, -0.25) is 0 Å². The van der Waals surface area contributed by atoms with Crippen LogP contribution in [0.3, 0.4) is 0 Å². The molecule has 1 saturated heterocycles. The molecule has 0 aliphatic carbocycles. The first-order valence-electron chi connectivity index (χ1n) is 3.40. The molecule has 2 atom stereocenters. The van der Waals surface area contributed by atoms with Crippen molar-refractivity contribution >= 4 is 0 Å². The Bertz CT molecular complexity index is 94.3. The first kappa shape index (κ1) is 6.99. The lowest BCUT2D eigenvalue weighted by atomic mass is 10.2. The van der Waals surface area contributed by atoms with E-state index in [0.29, 0.717) is 12.1 Å². The number of likely N-dealkylation sites (N-methyl/N-ethyl adjacent to an activating group) is 1. The first-order chi connectivity index (χ1) is 4.24. The highest BCUT2D eigenvalue weighted by Crippen LogP contribution is 2.11. The van der Waals surface area contributed by atoms with Gasteiger partial charge >= 0.3 is 0 Å². The van der Waals surface area contributed by atoms with Gasteiger partial charge in [-0.1, -0.05) is 0 Å². The summed E-state index contributed by atoms with van der Waals surface area (Å²) in [5, 5.41) is 0. The quantitative estimate of drug-likeness (QED) is 0.476. The van der Waals surface area contributed by atoms with E-state index in [4.69, 9.17) is 11.5 Å². The van der Waals surface area contributed by atoms with Crippen LogP contribution >= 0.6 is 0 Å². The van der Waals surface area contributed by atoms with Gasteiger partial charge in [-0.15, -0.1) is 0 Å². The molecule has 4 N–H and O–H groups in total. The molecule has 1 heterocycles. The van der Waals surface area contributed by atoms with E-state index in [1.165, 1.54) is 0 Å². The first-order valence-corrected chi connectivity index (χ1v) is 3.40. The Kier molecular flexibility index (Phi) is 2.05. The molecule has 1 aliphatic rings. The minimum absolute atomic E-state index is 0.351. The van der Waals surface area contributed by atoms with Gasteiger partial charge in [0.15, 0.2) is 0 Å². The molecule has 0 aromatic rings. The molecule has 0 aromatic carbocycles. The molecule has 3 heteroatoms. The van der Waals surface area contributed by atoms with Crippen LogP contribution < -0.4 is 11.5 Å². The Morgan fingerprint density at radius 3 is 2.56 bits per heavy atom. The Morgan fingerprint density at radius 1 is 1.67 bits per heavy atom. The molecule has 0 amide bonds. The van der Waals surface area contributed by atoms with Crippen molar-refractivity contribution in [2.75, 3.05) is 20.1 Å². The molecule has 1 rings (SSSR count). The van der Waals surface area contributed by atoms with Crippen LogP contribution in [0, 0.1) is 0 Å². The zero-order valence-corrected chi connectivity index (χ0v) is 5.88. The Labute approximate surface area is 56.0 Å².